The fraction of sp³-hybridized carbons (Fsp3) is 0.529. The summed E-state index contributed by atoms with van der Waals surface area (Å²) in [6.07, 6.45) is -3.33. The third kappa shape index (κ3) is 10.1. The number of benzene rings is 1. The highest BCUT2D eigenvalue weighted by Gasteiger charge is 2.31. The van der Waals surface area contributed by atoms with Crippen LogP contribution >= 0.6 is 24.0 Å². The fourth-order valence-electron chi connectivity index (χ4n) is 2.39. The number of aryl methyl sites for hydroxylation is 1. The van der Waals surface area contributed by atoms with Crippen LogP contribution in [0.2, 0.25) is 0 Å². The zero-order valence-corrected chi connectivity index (χ0v) is 19.8. The zero-order chi connectivity index (χ0) is 21.5. The second kappa shape index (κ2) is 11.6. The van der Waals surface area contributed by atoms with Gasteiger partial charge in [0, 0.05) is 19.8 Å². The monoisotopic (exact) mass is 550 g/mol. The lowest BCUT2D eigenvalue weighted by atomic mass is 10.1. The number of amides is 1. The van der Waals surface area contributed by atoms with Crippen LogP contribution in [0.25, 0.3) is 0 Å². The van der Waals surface area contributed by atoms with Crippen LogP contribution < -0.4 is 10.6 Å². The summed E-state index contributed by atoms with van der Waals surface area (Å²) in [4.78, 5) is 16.9. The van der Waals surface area contributed by atoms with Crippen LogP contribution in [-0.2, 0) is 21.2 Å². The Kier molecular flexibility index (Phi) is 10.9. The predicted molar refractivity (Wildman–Crippen MR) is 116 cm³/mol. The van der Waals surface area contributed by atoms with E-state index < -0.39 is 28.5 Å². The van der Waals surface area contributed by atoms with Gasteiger partial charge in [0.05, 0.1) is 18.0 Å². The average molecular weight is 550 g/mol. The molecule has 0 saturated carbocycles. The van der Waals surface area contributed by atoms with Crippen LogP contribution in [-0.4, -0.2) is 64.3 Å². The molecule has 1 rings (SSSR count). The van der Waals surface area contributed by atoms with E-state index in [4.69, 9.17) is 0 Å². The van der Waals surface area contributed by atoms with E-state index in [1.165, 1.54) is 6.07 Å². The van der Waals surface area contributed by atoms with Gasteiger partial charge >= 0.3 is 6.18 Å². The second-order valence-corrected chi connectivity index (χ2v) is 8.27. The van der Waals surface area contributed by atoms with Crippen molar-refractivity contribution in [3.8, 4) is 0 Å². The van der Waals surface area contributed by atoms with Gasteiger partial charge in [-0.15, -0.1) is 24.0 Å². The number of nitrogens with one attached hydrogen (secondary N) is 2. The highest BCUT2D eigenvalue weighted by Crippen LogP contribution is 2.17. The molecule has 2 N–H and O–H groups in total. The number of nitrogens with zero attached hydrogens (tertiary/aromatic N) is 2. The Balaban J connectivity index is 0.00000784. The van der Waals surface area contributed by atoms with Gasteiger partial charge in [-0.1, -0.05) is 12.1 Å². The van der Waals surface area contributed by atoms with E-state index in [0.29, 0.717) is 17.0 Å². The number of sulfone groups is 1. The van der Waals surface area contributed by atoms with Crippen molar-refractivity contribution in [3.63, 3.8) is 0 Å². The van der Waals surface area contributed by atoms with Crippen LogP contribution in [0.3, 0.4) is 0 Å². The van der Waals surface area contributed by atoms with Gasteiger partial charge in [-0.3, -0.25) is 4.79 Å². The van der Waals surface area contributed by atoms with Gasteiger partial charge in [0.15, 0.2) is 15.8 Å². The molecule has 166 valence electrons. The maximum atomic E-state index is 12.3. The molecule has 0 aliphatic carbocycles. The smallest absolute Gasteiger partial charge is 0.357 e. The molecule has 1 aromatic carbocycles. The number of carbonyl (C=O) groups is 1. The number of guanidine groups is 1. The van der Waals surface area contributed by atoms with Crippen molar-refractivity contribution in [2.75, 3.05) is 32.9 Å². The molecule has 12 heteroatoms. The molecule has 0 saturated heterocycles. The van der Waals surface area contributed by atoms with Gasteiger partial charge in [0.25, 0.3) is 0 Å². The standard InChI is InChI=1S/C17H25F3N4O3S.HI/c1-5-21-16(23-10-15(25)24(3)11-17(18,19)20)22-9-13-6-7-14(12(2)8-13)28(4,26)27;/h6-8H,5,9-11H2,1-4H3,(H2,21,22,23);1H. The first-order valence-electron chi connectivity index (χ1n) is 8.46. The lowest BCUT2D eigenvalue weighted by molar-refractivity contribution is -0.157. The van der Waals surface area contributed by atoms with E-state index in [-0.39, 0.29) is 47.9 Å². The predicted octanol–water partition coefficient (Wildman–Crippen LogP) is 2.09. The van der Waals surface area contributed by atoms with Crippen LogP contribution in [0.1, 0.15) is 18.1 Å². The average Bonchev–Trinajstić information content (AvgIpc) is 2.54. The number of hydrogen-bond donors (Lipinski definition) is 2. The molecule has 0 unspecified atom stereocenters. The maximum absolute atomic E-state index is 12.3. The minimum atomic E-state index is -4.46. The first-order valence-corrected chi connectivity index (χ1v) is 10.3. The zero-order valence-electron chi connectivity index (χ0n) is 16.6. The molecule has 0 aliphatic heterocycles. The molecule has 29 heavy (non-hydrogen) atoms. The van der Waals surface area contributed by atoms with Crippen molar-refractivity contribution < 1.29 is 26.4 Å². The Labute approximate surface area is 186 Å². The van der Waals surface area contributed by atoms with Gasteiger partial charge in [0.2, 0.25) is 5.91 Å². The van der Waals surface area contributed by atoms with E-state index in [9.17, 15) is 26.4 Å². The van der Waals surface area contributed by atoms with Gasteiger partial charge in [-0.05, 0) is 31.0 Å². The molecular formula is C17H26F3IN4O3S. The van der Waals surface area contributed by atoms with Crippen molar-refractivity contribution in [1.29, 1.82) is 0 Å². The number of likely N-dealkylation sites (N-methyl/N-ethyl adjacent to an activating group) is 1. The highest BCUT2D eigenvalue weighted by atomic mass is 127. The van der Waals surface area contributed by atoms with E-state index in [1.807, 2.05) is 0 Å². The molecule has 1 amide bonds. The summed E-state index contributed by atoms with van der Waals surface area (Å²) in [6, 6.07) is 4.84. The molecule has 1 aromatic rings. The summed E-state index contributed by atoms with van der Waals surface area (Å²) in [6.45, 7) is 2.51. The Morgan fingerprint density at radius 2 is 1.86 bits per heavy atom. The van der Waals surface area contributed by atoms with Crippen LogP contribution in [0.5, 0.6) is 0 Å². The highest BCUT2D eigenvalue weighted by molar-refractivity contribution is 14.0. The van der Waals surface area contributed by atoms with Crippen molar-refractivity contribution in [3.05, 3.63) is 29.3 Å². The van der Waals surface area contributed by atoms with Gasteiger partial charge in [-0.25, -0.2) is 13.4 Å². The number of alkyl halides is 3. The largest absolute Gasteiger partial charge is 0.406 e. The minimum Gasteiger partial charge on any atom is -0.357 e. The number of carbonyl (C=O) groups excluding carboxylic acids is 1. The SMILES string of the molecule is CCNC(=NCc1ccc(S(C)(=O)=O)c(C)c1)NCC(=O)N(C)CC(F)(F)F.I. The summed E-state index contributed by atoms with van der Waals surface area (Å²) in [7, 11) is -2.24. The van der Waals surface area contributed by atoms with E-state index in [2.05, 4.69) is 15.6 Å². The van der Waals surface area contributed by atoms with Crippen LogP contribution in [0.4, 0.5) is 13.2 Å². The lowest BCUT2D eigenvalue weighted by Crippen LogP contribution is -2.45. The van der Waals surface area contributed by atoms with Crippen molar-refractivity contribution in [2.45, 2.75) is 31.5 Å². The molecule has 0 radical (unpaired) electrons. The summed E-state index contributed by atoms with van der Waals surface area (Å²) in [5.41, 5.74) is 1.35. The molecule has 0 atom stereocenters. The van der Waals surface area contributed by atoms with E-state index in [1.54, 1.807) is 26.0 Å². The fourth-order valence-corrected chi connectivity index (χ4v) is 3.35. The van der Waals surface area contributed by atoms with Crippen LogP contribution in [0.15, 0.2) is 28.1 Å². The summed E-state index contributed by atoms with van der Waals surface area (Å²) in [5.74, 6) is -0.461. The molecule has 0 fully saturated rings. The Morgan fingerprint density at radius 3 is 2.34 bits per heavy atom. The lowest BCUT2D eigenvalue weighted by Gasteiger charge is -2.20. The number of aliphatic imine (C=N–C) groups is 1. The normalized spacial score (nSPS) is 12.2. The first kappa shape index (κ1) is 27.4. The third-order valence-electron chi connectivity index (χ3n) is 3.65. The van der Waals surface area contributed by atoms with Crippen molar-refractivity contribution in [1.82, 2.24) is 15.5 Å². The number of halogens is 4. The molecule has 0 aromatic heterocycles. The molecule has 0 aliphatic rings. The van der Waals surface area contributed by atoms with Crippen LogP contribution in [0, 0.1) is 6.92 Å². The second-order valence-electron chi connectivity index (χ2n) is 6.29. The van der Waals surface area contributed by atoms with Crippen molar-refractivity contribution >= 4 is 45.7 Å². The molecule has 0 spiro atoms. The van der Waals surface area contributed by atoms with Gasteiger partial charge in [-0.2, -0.15) is 13.2 Å². The van der Waals surface area contributed by atoms with Crippen molar-refractivity contribution in [2.24, 2.45) is 4.99 Å². The Morgan fingerprint density at radius 1 is 1.24 bits per heavy atom. The molecule has 0 bridgehead atoms. The topological polar surface area (TPSA) is 90.9 Å². The molecule has 7 nitrogen and oxygen atoms in total. The number of hydrogen-bond acceptors (Lipinski definition) is 4. The quantitative estimate of drug-likeness (QED) is 0.309. The first-order chi connectivity index (χ1) is 12.8. The van der Waals surface area contributed by atoms with E-state index in [0.717, 1.165) is 18.9 Å². The van der Waals surface area contributed by atoms with Gasteiger partial charge < -0.3 is 15.5 Å². The third-order valence-corrected chi connectivity index (χ3v) is 4.91. The molecular weight excluding hydrogens is 524 g/mol. The summed E-state index contributed by atoms with van der Waals surface area (Å²) in [5, 5.41) is 5.59. The summed E-state index contributed by atoms with van der Waals surface area (Å²) < 4.78 is 60.3. The summed E-state index contributed by atoms with van der Waals surface area (Å²) >= 11 is 0. The minimum absolute atomic E-state index is 0. The Bertz CT molecular complexity index is 830. The van der Waals surface area contributed by atoms with Gasteiger partial charge in [0.1, 0.15) is 6.54 Å². The Hall–Kier alpha value is -1.57. The molecule has 0 heterocycles. The number of rotatable bonds is 7. The maximum Gasteiger partial charge on any atom is 0.406 e. The van der Waals surface area contributed by atoms with E-state index >= 15 is 0 Å².